The fraction of sp³-hybridized carbons (Fsp3) is 0.125. The molecule has 178 valence electrons. The van der Waals surface area contributed by atoms with E-state index in [1.165, 1.54) is 60.9 Å². The topological polar surface area (TPSA) is 149 Å². The SMILES string of the molecule is O=C=NC[C@@H](C(=O)O)N(C(=O)c1ccc(C(=O)NCc2cccc(O)c2)cc1Cl)c1cccnc1. The lowest BCUT2D eigenvalue weighted by molar-refractivity contribution is -0.138. The second kappa shape index (κ2) is 11.6. The zero-order chi connectivity index (χ0) is 25.4. The van der Waals surface area contributed by atoms with Gasteiger partial charge in [0.05, 0.1) is 29.0 Å². The molecule has 0 aliphatic heterocycles. The molecule has 1 heterocycles. The van der Waals surface area contributed by atoms with Crippen LogP contribution in [-0.4, -0.2) is 51.6 Å². The maximum Gasteiger partial charge on any atom is 0.328 e. The van der Waals surface area contributed by atoms with Crippen LogP contribution in [0, 0.1) is 0 Å². The number of halogens is 1. The molecule has 0 bridgehead atoms. The summed E-state index contributed by atoms with van der Waals surface area (Å²) in [6.45, 7) is -0.384. The van der Waals surface area contributed by atoms with E-state index in [-0.39, 0.29) is 34.1 Å². The lowest BCUT2D eigenvalue weighted by atomic mass is 10.1. The number of nitrogens with zero attached hydrogens (tertiary/aromatic N) is 3. The van der Waals surface area contributed by atoms with Crippen LogP contribution >= 0.6 is 11.6 Å². The van der Waals surface area contributed by atoms with Gasteiger partial charge in [-0.15, -0.1) is 0 Å². The molecular weight excluding hydrogens is 476 g/mol. The van der Waals surface area contributed by atoms with Gasteiger partial charge in [0.15, 0.2) is 6.04 Å². The number of phenolic OH excluding ortho intramolecular Hbond substituents is 1. The summed E-state index contributed by atoms with van der Waals surface area (Å²) >= 11 is 6.32. The zero-order valence-corrected chi connectivity index (χ0v) is 18.8. The Kier molecular flexibility index (Phi) is 8.29. The number of hydrogen-bond acceptors (Lipinski definition) is 7. The lowest BCUT2D eigenvalue weighted by Crippen LogP contribution is -2.47. The smallest absolute Gasteiger partial charge is 0.328 e. The van der Waals surface area contributed by atoms with Gasteiger partial charge in [-0.1, -0.05) is 23.7 Å². The molecule has 10 nitrogen and oxygen atoms in total. The summed E-state index contributed by atoms with van der Waals surface area (Å²) in [5.74, 6) is -2.59. The third-order valence-corrected chi connectivity index (χ3v) is 5.21. The fourth-order valence-electron chi connectivity index (χ4n) is 3.24. The number of carboxylic acid groups (broad SMARTS) is 1. The summed E-state index contributed by atoms with van der Waals surface area (Å²) in [5, 5.41) is 21.8. The van der Waals surface area contributed by atoms with E-state index in [9.17, 15) is 29.4 Å². The first-order chi connectivity index (χ1) is 16.8. The van der Waals surface area contributed by atoms with Gasteiger partial charge in [0.25, 0.3) is 11.8 Å². The minimum absolute atomic E-state index is 0.0682. The van der Waals surface area contributed by atoms with E-state index >= 15 is 0 Å². The van der Waals surface area contributed by atoms with Crippen molar-refractivity contribution in [1.82, 2.24) is 10.3 Å². The number of aromatic hydroxyl groups is 1. The van der Waals surface area contributed by atoms with Crippen LogP contribution in [0.25, 0.3) is 0 Å². The lowest BCUT2D eigenvalue weighted by Gasteiger charge is -2.28. The molecule has 3 N–H and O–H groups in total. The number of nitrogens with one attached hydrogen (secondary N) is 1. The molecule has 0 unspecified atom stereocenters. The number of aliphatic carboxylic acids is 1. The highest BCUT2D eigenvalue weighted by Gasteiger charge is 2.33. The predicted molar refractivity (Wildman–Crippen MR) is 126 cm³/mol. The molecular formula is C24H19ClN4O6. The van der Waals surface area contributed by atoms with Crippen LogP contribution in [0.3, 0.4) is 0 Å². The number of benzene rings is 2. The van der Waals surface area contributed by atoms with Crippen molar-refractivity contribution in [2.24, 2.45) is 4.99 Å². The Labute approximate surface area is 204 Å². The van der Waals surface area contributed by atoms with E-state index < -0.39 is 30.4 Å². The molecule has 2 amide bonds. The van der Waals surface area contributed by atoms with Gasteiger partial charge in [0, 0.05) is 18.3 Å². The van der Waals surface area contributed by atoms with Crippen molar-refractivity contribution in [1.29, 1.82) is 0 Å². The van der Waals surface area contributed by atoms with Crippen LogP contribution in [-0.2, 0) is 16.1 Å². The van der Waals surface area contributed by atoms with Crippen molar-refractivity contribution in [3.8, 4) is 5.75 Å². The molecule has 1 atom stereocenters. The van der Waals surface area contributed by atoms with Gasteiger partial charge in [0.2, 0.25) is 6.08 Å². The van der Waals surface area contributed by atoms with Crippen LogP contribution in [0.5, 0.6) is 5.75 Å². The minimum Gasteiger partial charge on any atom is -0.508 e. The maximum absolute atomic E-state index is 13.4. The molecule has 0 fully saturated rings. The normalized spacial score (nSPS) is 11.1. The minimum atomic E-state index is -1.53. The van der Waals surface area contributed by atoms with Crippen LogP contribution < -0.4 is 10.2 Å². The van der Waals surface area contributed by atoms with E-state index in [2.05, 4.69) is 15.3 Å². The molecule has 1 aromatic heterocycles. The zero-order valence-electron chi connectivity index (χ0n) is 18.1. The second-order valence-corrected chi connectivity index (χ2v) is 7.63. The summed E-state index contributed by atoms with van der Waals surface area (Å²) in [7, 11) is 0. The Bertz CT molecular complexity index is 1290. The predicted octanol–water partition coefficient (Wildman–Crippen LogP) is 2.81. The third-order valence-electron chi connectivity index (χ3n) is 4.89. The van der Waals surface area contributed by atoms with Crippen molar-refractivity contribution in [3.05, 3.63) is 88.7 Å². The number of aliphatic imine (C=N–C) groups is 1. The second-order valence-electron chi connectivity index (χ2n) is 7.22. The number of anilines is 1. The Balaban J connectivity index is 1.87. The molecule has 35 heavy (non-hydrogen) atoms. The molecule has 0 aliphatic rings. The number of carbonyl (C=O) groups is 3. The number of isocyanates is 1. The molecule has 0 spiro atoms. The van der Waals surface area contributed by atoms with Gasteiger partial charge < -0.3 is 15.5 Å². The number of pyridine rings is 1. The summed E-state index contributed by atoms with van der Waals surface area (Å²) in [5.41, 5.74) is 0.928. The van der Waals surface area contributed by atoms with Crippen LogP contribution in [0.4, 0.5) is 5.69 Å². The van der Waals surface area contributed by atoms with Crippen LogP contribution in [0.2, 0.25) is 5.02 Å². The number of aromatic nitrogens is 1. The Morgan fingerprint density at radius 2 is 1.94 bits per heavy atom. The summed E-state index contributed by atoms with van der Waals surface area (Å²) < 4.78 is 0. The standard InChI is InChI=1S/C24H19ClN4O6/c25-20-10-16(22(32)28-11-15-3-1-5-18(31)9-15)6-7-19(20)23(33)29(17-4-2-8-26-12-17)21(24(34)35)13-27-14-30/h1-10,12,21,31H,11,13H2,(H,28,32)(H,34,35)/t21-/m0/s1. The molecule has 2 aromatic carbocycles. The number of hydrogen-bond donors (Lipinski definition) is 3. The number of phenols is 1. The molecule has 0 radical (unpaired) electrons. The average molecular weight is 495 g/mol. The largest absolute Gasteiger partial charge is 0.508 e. The first-order valence-corrected chi connectivity index (χ1v) is 10.5. The Morgan fingerprint density at radius 3 is 2.57 bits per heavy atom. The third kappa shape index (κ3) is 6.29. The van der Waals surface area contributed by atoms with E-state index in [0.29, 0.717) is 5.56 Å². The van der Waals surface area contributed by atoms with Crippen LogP contribution in [0.15, 0.2) is 72.0 Å². The van der Waals surface area contributed by atoms with Gasteiger partial charge in [-0.25, -0.2) is 14.6 Å². The molecule has 11 heteroatoms. The Morgan fingerprint density at radius 1 is 1.14 bits per heavy atom. The van der Waals surface area contributed by atoms with Crippen molar-refractivity contribution in [3.63, 3.8) is 0 Å². The van der Waals surface area contributed by atoms with Gasteiger partial charge >= 0.3 is 5.97 Å². The summed E-state index contributed by atoms with van der Waals surface area (Å²) in [6, 6.07) is 11.8. The Hall–Kier alpha value is -4.53. The highest BCUT2D eigenvalue weighted by atomic mass is 35.5. The first kappa shape index (κ1) is 25.1. The molecule has 0 aliphatic carbocycles. The monoisotopic (exact) mass is 494 g/mol. The fourth-order valence-corrected chi connectivity index (χ4v) is 3.50. The van der Waals surface area contributed by atoms with Crippen molar-refractivity contribution in [2.45, 2.75) is 12.6 Å². The average Bonchev–Trinajstić information content (AvgIpc) is 2.85. The quantitative estimate of drug-likeness (QED) is 0.306. The molecule has 0 saturated heterocycles. The summed E-state index contributed by atoms with van der Waals surface area (Å²) in [6.07, 6.45) is 4.00. The van der Waals surface area contributed by atoms with E-state index in [1.54, 1.807) is 12.1 Å². The molecule has 3 aromatic rings. The highest BCUT2D eigenvalue weighted by molar-refractivity contribution is 6.35. The van der Waals surface area contributed by atoms with E-state index in [4.69, 9.17) is 11.6 Å². The van der Waals surface area contributed by atoms with Crippen molar-refractivity contribution >= 4 is 41.2 Å². The number of rotatable bonds is 9. The van der Waals surface area contributed by atoms with Gasteiger partial charge in [-0.05, 0) is 48.0 Å². The number of carboxylic acids is 1. The maximum atomic E-state index is 13.4. The number of carbonyl (C=O) groups excluding carboxylic acids is 3. The van der Waals surface area contributed by atoms with Crippen LogP contribution in [0.1, 0.15) is 26.3 Å². The molecule has 0 saturated carbocycles. The van der Waals surface area contributed by atoms with Gasteiger partial charge in [-0.2, -0.15) is 0 Å². The van der Waals surface area contributed by atoms with E-state index in [1.807, 2.05) is 0 Å². The molecule has 3 rings (SSSR count). The van der Waals surface area contributed by atoms with Gasteiger partial charge in [0.1, 0.15) is 5.75 Å². The first-order valence-electron chi connectivity index (χ1n) is 10.2. The van der Waals surface area contributed by atoms with E-state index in [0.717, 1.165) is 4.90 Å². The van der Waals surface area contributed by atoms with Crippen molar-refractivity contribution in [2.75, 3.05) is 11.4 Å². The highest BCUT2D eigenvalue weighted by Crippen LogP contribution is 2.25. The van der Waals surface area contributed by atoms with Crippen molar-refractivity contribution < 1.29 is 29.4 Å². The number of amides is 2. The van der Waals surface area contributed by atoms with Gasteiger partial charge in [-0.3, -0.25) is 19.5 Å². The summed E-state index contributed by atoms with van der Waals surface area (Å²) in [4.78, 5) is 56.6.